The van der Waals surface area contributed by atoms with Gasteiger partial charge in [-0.3, -0.25) is 9.59 Å². The van der Waals surface area contributed by atoms with Crippen LogP contribution in [-0.4, -0.2) is 29.8 Å². The number of nitrogens with one attached hydrogen (secondary N) is 1. The Hall–Kier alpha value is -2.04. The molecule has 2 aromatic carbocycles. The van der Waals surface area contributed by atoms with Gasteiger partial charge in [0.15, 0.2) is 0 Å². The summed E-state index contributed by atoms with van der Waals surface area (Å²) in [7, 11) is 0. The van der Waals surface area contributed by atoms with Crippen LogP contribution in [0.5, 0.6) is 0 Å². The highest BCUT2D eigenvalue weighted by Gasteiger charge is 2.19. The van der Waals surface area contributed by atoms with Gasteiger partial charge in [0.1, 0.15) is 0 Å². The Morgan fingerprint density at radius 2 is 1.62 bits per heavy atom. The third kappa shape index (κ3) is 3.71. The van der Waals surface area contributed by atoms with Crippen LogP contribution < -0.4 is 5.32 Å². The Morgan fingerprint density at radius 3 is 2.29 bits per heavy atom. The zero-order chi connectivity index (χ0) is 17.1. The molecule has 0 aromatic heterocycles. The van der Waals surface area contributed by atoms with E-state index in [0.717, 1.165) is 25.9 Å². The number of amides is 2. The lowest BCUT2D eigenvalue weighted by Gasteiger charge is -2.15. The van der Waals surface area contributed by atoms with Crippen LogP contribution in [0, 0.1) is 0 Å². The number of carbonyl (C=O) groups excluding carboxylic acids is 2. The lowest BCUT2D eigenvalue weighted by molar-refractivity contribution is 0.0792. The van der Waals surface area contributed by atoms with Gasteiger partial charge in [0.25, 0.3) is 11.8 Å². The fourth-order valence-electron chi connectivity index (χ4n) is 2.67. The molecule has 24 heavy (non-hydrogen) atoms. The highest BCUT2D eigenvalue weighted by atomic mass is 35.5. The van der Waals surface area contributed by atoms with Crippen LogP contribution in [0.2, 0.25) is 10.0 Å². The molecule has 4 nitrogen and oxygen atoms in total. The van der Waals surface area contributed by atoms with Crippen molar-refractivity contribution in [3.05, 3.63) is 63.6 Å². The van der Waals surface area contributed by atoms with E-state index in [0.29, 0.717) is 26.9 Å². The number of rotatable bonds is 3. The Morgan fingerprint density at radius 1 is 0.958 bits per heavy atom. The van der Waals surface area contributed by atoms with Crippen molar-refractivity contribution in [2.75, 3.05) is 18.4 Å². The number of anilines is 1. The first-order chi connectivity index (χ1) is 11.5. The normalized spacial score (nSPS) is 13.8. The SMILES string of the molecule is O=C(Nc1ccc(C(=O)N2CCCC2)cc1)c1cc(Cl)ccc1Cl. The zero-order valence-corrected chi connectivity index (χ0v) is 14.4. The van der Waals surface area contributed by atoms with Crippen molar-refractivity contribution in [1.82, 2.24) is 4.90 Å². The smallest absolute Gasteiger partial charge is 0.257 e. The number of carbonyl (C=O) groups is 2. The van der Waals surface area contributed by atoms with Crippen molar-refractivity contribution in [3.63, 3.8) is 0 Å². The number of hydrogen-bond acceptors (Lipinski definition) is 2. The van der Waals surface area contributed by atoms with Gasteiger partial charge >= 0.3 is 0 Å². The molecule has 0 atom stereocenters. The lowest BCUT2D eigenvalue weighted by Crippen LogP contribution is -2.27. The number of nitrogens with zero attached hydrogens (tertiary/aromatic N) is 1. The molecule has 0 saturated carbocycles. The average molecular weight is 363 g/mol. The van der Waals surface area contributed by atoms with E-state index in [9.17, 15) is 9.59 Å². The van der Waals surface area contributed by atoms with Crippen molar-refractivity contribution in [2.45, 2.75) is 12.8 Å². The largest absolute Gasteiger partial charge is 0.339 e. The quantitative estimate of drug-likeness (QED) is 0.874. The zero-order valence-electron chi connectivity index (χ0n) is 12.9. The molecular weight excluding hydrogens is 347 g/mol. The van der Waals surface area contributed by atoms with Gasteiger partial charge in [0, 0.05) is 29.4 Å². The molecule has 0 aliphatic carbocycles. The minimum Gasteiger partial charge on any atom is -0.339 e. The van der Waals surface area contributed by atoms with Crippen LogP contribution in [0.3, 0.4) is 0 Å². The molecule has 1 heterocycles. The van der Waals surface area contributed by atoms with Crippen LogP contribution in [-0.2, 0) is 0 Å². The maximum atomic E-state index is 12.3. The summed E-state index contributed by atoms with van der Waals surface area (Å²) in [6, 6.07) is 11.6. The Bertz CT molecular complexity index is 769. The molecule has 1 saturated heterocycles. The fourth-order valence-corrected chi connectivity index (χ4v) is 3.04. The van der Waals surface area contributed by atoms with E-state index >= 15 is 0 Å². The maximum absolute atomic E-state index is 12.3. The van der Waals surface area contributed by atoms with Crippen molar-refractivity contribution < 1.29 is 9.59 Å². The van der Waals surface area contributed by atoms with Crippen LogP contribution in [0.25, 0.3) is 0 Å². The summed E-state index contributed by atoms with van der Waals surface area (Å²) in [6.45, 7) is 1.62. The van der Waals surface area contributed by atoms with Crippen molar-refractivity contribution >= 4 is 40.7 Å². The summed E-state index contributed by atoms with van der Waals surface area (Å²) < 4.78 is 0. The van der Waals surface area contributed by atoms with E-state index in [1.807, 2.05) is 4.90 Å². The second-order valence-corrected chi connectivity index (χ2v) is 6.50. The Kier molecular flexibility index (Phi) is 5.07. The van der Waals surface area contributed by atoms with E-state index in [-0.39, 0.29) is 11.8 Å². The van der Waals surface area contributed by atoms with E-state index in [1.165, 1.54) is 6.07 Å². The first kappa shape index (κ1) is 16.8. The van der Waals surface area contributed by atoms with Crippen LogP contribution in [0.4, 0.5) is 5.69 Å². The van der Waals surface area contributed by atoms with Gasteiger partial charge in [0.2, 0.25) is 0 Å². The third-order valence-electron chi connectivity index (χ3n) is 3.96. The van der Waals surface area contributed by atoms with E-state index < -0.39 is 0 Å². The average Bonchev–Trinajstić information content (AvgIpc) is 3.11. The van der Waals surface area contributed by atoms with Gasteiger partial charge in [0.05, 0.1) is 10.6 Å². The first-order valence-corrected chi connectivity index (χ1v) is 8.46. The van der Waals surface area contributed by atoms with Crippen molar-refractivity contribution in [2.24, 2.45) is 0 Å². The molecule has 1 fully saturated rings. The van der Waals surface area contributed by atoms with Crippen LogP contribution in [0.1, 0.15) is 33.6 Å². The van der Waals surface area contributed by atoms with Crippen LogP contribution in [0.15, 0.2) is 42.5 Å². The molecule has 124 valence electrons. The molecule has 3 rings (SSSR count). The number of hydrogen-bond donors (Lipinski definition) is 1. The highest BCUT2D eigenvalue weighted by molar-refractivity contribution is 6.36. The molecule has 1 aliphatic rings. The van der Waals surface area contributed by atoms with Crippen molar-refractivity contribution in [3.8, 4) is 0 Å². The van der Waals surface area contributed by atoms with Gasteiger partial charge < -0.3 is 10.2 Å². The highest BCUT2D eigenvalue weighted by Crippen LogP contribution is 2.22. The lowest BCUT2D eigenvalue weighted by atomic mass is 10.1. The third-order valence-corrected chi connectivity index (χ3v) is 4.52. The molecule has 1 aliphatic heterocycles. The van der Waals surface area contributed by atoms with Gasteiger partial charge in [-0.2, -0.15) is 0 Å². The summed E-state index contributed by atoms with van der Waals surface area (Å²) in [5.74, 6) is -0.315. The Labute approximate surface area is 150 Å². The molecule has 0 unspecified atom stereocenters. The van der Waals surface area contributed by atoms with E-state index in [1.54, 1.807) is 36.4 Å². The topological polar surface area (TPSA) is 49.4 Å². The minimum atomic E-state index is -0.346. The van der Waals surface area contributed by atoms with Gasteiger partial charge in [-0.1, -0.05) is 23.2 Å². The summed E-state index contributed by atoms with van der Waals surface area (Å²) in [5, 5.41) is 3.53. The monoisotopic (exact) mass is 362 g/mol. The fraction of sp³-hybridized carbons (Fsp3) is 0.222. The summed E-state index contributed by atoms with van der Waals surface area (Å²) in [6.07, 6.45) is 2.11. The molecule has 0 bridgehead atoms. The molecular formula is C18H16Cl2N2O2. The predicted octanol–water partition coefficient (Wildman–Crippen LogP) is 4.48. The predicted molar refractivity (Wildman–Crippen MR) is 96.0 cm³/mol. The molecule has 2 aromatic rings. The van der Waals surface area contributed by atoms with Crippen LogP contribution >= 0.6 is 23.2 Å². The number of halogens is 2. The maximum Gasteiger partial charge on any atom is 0.257 e. The van der Waals surface area contributed by atoms with E-state index in [4.69, 9.17) is 23.2 Å². The summed E-state index contributed by atoms with van der Waals surface area (Å²) in [5.41, 5.74) is 1.52. The van der Waals surface area contributed by atoms with E-state index in [2.05, 4.69) is 5.32 Å². The standard InChI is InChI=1S/C18H16Cl2N2O2/c19-13-5-8-16(20)15(11-13)17(23)21-14-6-3-12(4-7-14)18(24)22-9-1-2-10-22/h3-8,11H,1-2,9-10H2,(H,21,23). The van der Waals surface area contributed by atoms with Crippen molar-refractivity contribution in [1.29, 1.82) is 0 Å². The second kappa shape index (κ2) is 7.24. The molecule has 0 radical (unpaired) electrons. The number of likely N-dealkylation sites (tertiary alicyclic amines) is 1. The first-order valence-electron chi connectivity index (χ1n) is 7.70. The second-order valence-electron chi connectivity index (χ2n) is 5.65. The molecule has 1 N–H and O–H groups in total. The Balaban J connectivity index is 1.70. The van der Waals surface area contributed by atoms with Gasteiger partial charge in [-0.15, -0.1) is 0 Å². The minimum absolute atomic E-state index is 0.0308. The molecule has 0 spiro atoms. The molecule has 2 amide bonds. The summed E-state index contributed by atoms with van der Waals surface area (Å²) in [4.78, 5) is 26.4. The van der Waals surface area contributed by atoms with Gasteiger partial charge in [-0.25, -0.2) is 0 Å². The number of benzene rings is 2. The molecule has 6 heteroatoms. The van der Waals surface area contributed by atoms with Gasteiger partial charge in [-0.05, 0) is 55.3 Å². The summed E-state index contributed by atoms with van der Waals surface area (Å²) >= 11 is 11.9.